The molecule has 1 heterocycles. The Labute approximate surface area is 59.4 Å². The molecule has 0 radical (unpaired) electrons. The average molecular weight is 147 g/mol. The lowest BCUT2D eigenvalue weighted by Crippen LogP contribution is -2.28. The Kier molecular flexibility index (Phi) is 2.14. The molecule has 1 aliphatic heterocycles. The van der Waals surface area contributed by atoms with E-state index in [9.17, 15) is 0 Å². The van der Waals surface area contributed by atoms with Crippen LogP contribution in [0.5, 0.6) is 0 Å². The van der Waals surface area contributed by atoms with Gasteiger partial charge in [-0.25, -0.2) is 0 Å². The highest BCUT2D eigenvalue weighted by Crippen LogP contribution is 2.14. The third-order valence-corrected chi connectivity index (χ3v) is 2.89. The smallest absolute Gasteiger partial charge is 0.136 e. The maximum absolute atomic E-state index is 5.02. The summed E-state index contributed by atoms with van der Waals surface area (Å²) in [5.41, 5.74) is 0. The summed E-state index contributed by atoms with van der Waals surface area (Å²) in [4.78, 5) is 2.13. The molecule has 0 aliphatic carbocycles. The summed E-state index contributed by atoms with van der Waals surface area (Å²) in [5, 5.41) is 0. The first-order valence-electron chi connectivity index (χ1n) is 2.68. The summed E-state index contributed by atoms with van der Waals surface area (Å²) >= 11 is 6.80. The van der Waals surface area contributed by atoms with E-state index < -0.39 is 0 Å². The van der Waals surface area contributed by atoms with Gasteiger partial charge in [0.25, 0.3) is 0 Å². The SMILES string of the molecule is CN1CCCSC1=S. The molecule has 0 saturated carbocycles. The predicted molar refractivity (Wildman–Crippen MR) is 42.3 cm³/mol. The summed E-state index contributed by atoms with van der Waals surface area (Å²) in [6, 6.07) is 0. The van der Waals surface area contributed by atoms with Crippen molar-refractivity contribution in [1.82, 2.24) is 4.90 Å². The first kappa shape index (κ1) is 6.36. The lowest BCUT2D eigenvalue weighted by atomic mass is 10.4. The number of hydrogen-bond acceptors (Lipinski definition) is 2. The van der Waals surface area contributed by atoms with Gasteiger partial charge in [0.2, 0.25) is 0 Å². The van der Waals surface area contributed by atoms with Crippen LogP contribution in [-0.2, 0) is 0 Å². The van der Waals surface area contributed by atoms with E-state index in [0.29, 0.717) is 0 Å². The molecule has 1 nitrogen and oxygen atoms in total. The van der Waals surface area contributed by atoms with Crippen LogP contribution in [0, 0.1) is 0 Å². The van der Waals surface area contributed by atoms with Gasteiger partial charge in [0.05, 0.1) is 0 Å². The first-order valence-corrected chi connectivity index (χ1v) is 4.08. The predicted octanol–water partition coefficient (Wildman–Crippen LogP) is 1.34. The molecule has 1 fully saturated rings. The molecule has 0 aromatic heterocycles. The van der Waals surface area contributed by atoms with E-state index in [1.54, 1.807) is 11.8 Å². The largest absolute Gasteiger partial charge is 0.361 e. The normalized spacial score (nSPS) is 21.6. The van der Waals surface area contributed by atoms with Crippen LogP contribution in [0.15, 0.2) is 0 Å². The molecule has 0 N–H and O–H groups in total. The molecular formula is C5H9NS2. The fourth-order valence-corrected chi connectivity index (χ4v) is 1.76. The van der Waals surface area contributed by atoms with E-state index in [4.69, 9.17) is 12.2 Å². The van der Waals surface area contributed by atoms with E-state index in [1.165, 1.54) is 12.2 Å². The van der Waals surface area contributed by atoms with Gasteiger partial charge in [-0.1, -0.05) is 24.0 Å². The average Bonchev–Trinajstić information content (AvgIpc) is 1.77. The van der Waals surface area contributed by atoms with Crippen LogP contribution in [0.1, 0.15) is 6.42 Å². The maximum atomic E-state index is 5.02. The Hall–Kier alpha value is 0.240. The van der Waals surface area contributed by atoms with Gasteiger partial charge in [-0.2, -0.15) is 0 Å². The van der Waals surface area contributed by atoms with Crippen LogP contribution in [0.3, 0.4) is 0 Å². The van der Waals surface area contributed by atoms with Crippen molar-refractivity contribution in [2.45, 2.75) is 6.42 Å². The second-order valence-electron chi connectivity index (χ2n) is 1.89. The molecule has 0 atom stereocenters. The fraction of sp³-hybridized carbons (Fsp3) is 0.800. The Balaban J connectivity index is 2.39. The zero-order chi connectivity index (χ0) is 5.98. The van der Waals surface area contributed by atoms with Gasteiger partial charge < -0.3 is 4.90 Å². The molecule has 0 bridgehead atoms. The molecule has 0 aromatic carbocycles. The number of hydrogen-bond donors (Lipinski definition) is 0. The van der Waals surface area contributed by atoms with Crippen molar-refractivity contribution in [3.63, 3.8) is 0 Å². The molecule has 1 rings (SSSR count). The van der Waals surface area contributed by atoms with Crippen molar-refractivity contribution in [3.05, 3.63) is 0 Å². The van der Waals surface area contributed by atoms with Crippen molar-refractivity contribution in [2.24, 2.45) is 0 Å². The van der Waals surface area contributed by atoms with Gasteiger partial charge >= 0.3 is 0 Å². The number of thiocarbonyl (C=S) groups is 1. The molecule has 0 aromatic rings. The second-order valence-corrected chi connectivity index (χ2v) is 3.62. The molecule has 0 spiro atoms. The highest BCUT2D eigenvalue weighted by Gasteiger charge is 2.09. The molecule has 1 aliphatic rings. The maximum Gasteiger partial charge on any atom is 0.136 e. The van der Waals surface area contributed by atoms with E-state index in [2.05, 4.69) is 11.9 Å². The highest BCUT2D eigenvalue weighted by atomic mass is 32.2. The summed E-state index contributed by atoms with van der Waals surface area (Å²) in [7, 11) is 2.05. The molecule has 0 amide bonds. The van der Waals surface area contributed by atoms with Crippen LogP contribution < -0.4 is 0 Å². The third-order valence-electron chi connectivity index (χ3n) is 1.18. The summed E-state index contributed by atoms with van der Waals surface area (Å²) in [6.45, 7) is 1.14. The molecular weight excluding hydrogens is 138 g/mol. The Morgan fingerprint density at radius 2 is 2.50 bits per heavy atom. The van der Waals surface area contributed by atoms with Gasteiger partial charge in [-0.15, -0.1) is 0 Å². The minimum atomic E-state index is 1.05. The zero-order valence-electron chi connectivity index (χ0n) is 4.89. The van der Waals surface area contributed by atoms with Crippen LogP contribution in [0.4, 0.5) is 0 Å². The Morgan fingerprint density at radius 3 is 2.88 bits per heavy atom. The standard InChI is InChI=1S/C5H9NS2/c1-6-3-2-4-8-5(6)7/h2-4H2,1H3. The van der Waals surface area contributed by atoms with Gasteiger partial charge in [-0.05, 0) is 6.42 Å². The lowest BCUT2D eigenvalue weighted by molar-refractivity contribution is 0.513. The van der Waals surface area contributed by atoms with Crippen molar-refractivity contribution in [1.29, 1.82) is 0 Å². The zero-order valence-corrected chi connectivity index (χ0v) is 6.52. The summed E-state index contributed by atoms with van der Waals surface area (Å²) in [6.07, 6.45) is 1.28. The Bertz CT molecular complexity index is 103. The van der Waals surface area contributed by atoms with Crippen LogP contribution in [-0.4, -0.2) is 28.6 Å². The van der Waals surface area contributed by atoms with Gasteiger partial charge in [0.1, 0.15) is 4.32 Å². The van der Waals surface area contributed by atoms with Crippen molar-refractivity contribution >= 4 is 28.3 Å². The van der Waals surface area contributed by atoms with Gasteiger partial charge in [-0.3, -0.25) is 0 Å². The third kappa shape index (κ3) is 1.36. The number of thioether (sulfide) groups is 1. The highest BCUT2D eigenvalue weighted by molar-refractivity contribution is 8.22. The topological polar surface area (TPSA) is 3.24 Å². The van der Waals surface area contributed by atoms with Crippen molar-refractivity contribution < 1.29 is 0 Å². The molecule has 46 valence electrons. The molecule has 8 heavy (non-hydrogen) atoms. The van der Waals surface area contributed by atoms with Gasteiger partial charge in [0.15, 0.2) is 0 Å². The minimum absolute atomic E-state index is 1.05. The van der Waals surface area contributed by atoms with Crippen LogP contribution in [0.2, 0.25) is 0 Å². The van der Waals surface area contributed by atoms with E-state index >= 15 is 0 Å². The first-order chi connectivity index (χ1) is 3.80. The van der Waals surface area contributed by atoms with Crippen LogP contribution >= 0.6 is 24.0 Å². The van der Waals surface area contributed by atoms with E-state index in [0.717, 1.165) is 10.9 Å². The van der Waals surface area contributed by atoms with Gasteiger partial charge in [0, 0.05) is 19.3 Å². The number of nitrogens with zero attached hydrogens (tertiary/aromatic N) is 1. The lowest BCUT2D eigenvalue weighted by Gasteiger charge is -2.23. The van der Waals surface area contributed by atoms with Crippen molar-refractivity contribution in [2.75, 3.05) is 19.3 Å². The number of rotatable bonds is 0. The molecule has 0 unspecified atom stereocenters. The van der Waals surface area contributed by atoms with Crippen molar-refractivity contribution in [3.8, 4) is 0 Å². The fourth-order valence-electron chi connectivity index (χ4n) is 0.663. The molecule has 1 saturated heterocycles. The second kappa shape index (κ2) is 2.69. The summed E-state index contributed by atoms with van der Waals surface area (Å²) < 4.78 is 1.05. The summed E-state index contributed by atoms with van der Waals surface area (Å²) in [5.74, 6) is 1.21. The van der Waals surface area contributed by atoms with Crippen LogP contribution in [0.25, 0.3) is 0 Å². The van der Waals surface area contributed by atoms with E-state index in [-0.39, 0.29) is 0 Å². The quantitative estimate of drug-likeness (QED) is 0.476. The minimum Gasteiger partial charge on any atom is -0.361 e. The van der Waals surface area contributed by atoms with E-state index in [1.807, 2.05) is 0 Å². The Morgan fingerprint density at radius 1 is 1.75 bits per heavy atom. The molecule has 3 heteroatoms. The monoisotopic (exact) mass is 147 g/mol.